The second kappa shape index (κ2) is 5.37. The molecule has 19 heavy (non-hydrogen) atoms. The Morgan fingerprint density at radius 1 is 1.47 bits per heavy atom. The summed E-state index contributed by atoms with van der Waals surface area (Å²) in [5.74, 6) is 0. The molecular weight excluding hydrogens is 286 g/mol. The molecular formula is C10H15N5O2S2. The third-order valence-electron chi connectivity index (χ3n) is 2.76. The molecule has 0 spiro atoms. The molecule has 0 bridgehead atoms. The van der Waals surface area contributed by atoms with Gasteiger partial charge in [0.2, 0.25) is 0 Å². The Hall–Kier alpha value is -1.29. The standard InChI is InChI=1S/C10H15N5O2S2/c1-6-8(3-11)10(15-14-6)19(16,17)13-4-9-7(2)12-5-18-9/h5,13H,3-4,11H2,1-2H3,(H,14,15). The number of nitrogens with zero attached hydrogens (tertiary/aromatic N) is 2. The number of sulfonamides is 1. The Morgan fingerprint density at radius 3 is 2.79 bits per heavy atom. The summed E-state index contributed by atoms with van der Waals surface area (Å²) in [6.07, 6.45) is 0. The van der Waals surface area contributed by atoms with Crippen LogP contribution in [0.25, 0.3) is 0 Å². The molecule has 0 aromatic carbocycles. The number of hydrogen-bond donors (Lipinski definition) is 3. The third-order valence-corrected chi connectivity index (χ3v) is 5.07. The van der Waals surface area contributed by atoms with Gasteiger partial charge in [0, 0.05) is 29.2 Å². The van der Waals surface area contributed by atoms with Gasteiger partial charge >= 0.3 is 0 Å². The van der Waals surface area contributed by atoms with Crippen LogP contribution in [0.1, 0.15) is 21.8 Å². The van der Waals surface area contributed by atoms with Gasteiger partial charge in [0.25, 0.3) is 10.0 Å². The molecule has 2 aromatic heterocycles. The van der Waals surface area contributed by atoms with Crippen molar-refractivity contribution in [3.05, 3.63) is 27.3 Å². The Morgan fingerprint density at radius 2 is 2.21 bits per heavy atom. The smallest absolute Gasteiger partial charge is 0.260 e. The normalized spacial score (nSPS) is 11.9. The number of aromatic amines is 1. The Bertz CT molecular complexity index is 674. The van der Waals surface area contributed by atoms with Gasteiger partial charge in [0.05, 0.1) is 11.2 Å². The van der Waals surface area contributed by atoms with Crippen LogP contribution < -0.4 is 10.5 Å². The van der Waals surface area contributed by atoms with Crippen molar-refractivity contribution in [2.24, 2.45) is 5.73 Å². The van der Waals surface area contributed by atoms with E-state index in [9.17, 15) is 8.42 Å². The highest BCUT2D eigenvalue weighted by Crippen LogP contribution is 2.17. The minimum Gasteiger partial charge on any atom is -0.326 e. The van der Waals surface area contributed by atoms with Crippen LogP contribution in [0.2, 0.25) is 0 Å². The summed E-state index contributed by atoms with van der Waals surface area (Å²) in [6.45, 7) is 3.90. The maximum absolute atomic E-state index is 12.2. The third kappa shape index (κ3) is 2.84. The maximum Gasteiger partial charge on any atom is 0.260 e. The average Bonchev–Trinajstić information content (AvgIpc) is 2.93. The van der Waals surface area contributed by atoms with E-state index in [1.165, 1.54) is 11.3 Å². The van der Waals surface area contributed by atoms with Crippen LogP contribution in [-0.4, -0.2) is 23.6 Å². The van der Waals surface area contributed by atoms with E-state index in [1.54, 1.807) is 12.4 Å². The fraction of sp³-hybridized carbons (Fsp3) is 0.400. The lowest BCUT2D eigenvalue weighted by molar-refractivity contribution is 0.576. The topological polar surface area (TPSA) is 114 Å². The lowest BCUT2D eigenvalue weighted by Crippen LogP contribution is -2.25. The minimum atomic E-state index is -3.67. The van der Waals surface area contributed by atoms with Gasteiger partial charge in [-0.25, -0.2) is 18.1 Å². The SMILES string of the molecule is Cc1ncsc1CNS(=O)(=O)c1n[nH]c(C)c1CN. The Kier molecular flexibility index (Phi) is 3.99. The second-order valence-corrected chi connectivity index (χ2v) is 6.64. The van der Waals surface area contributed by atoms with Gasteiger partial charge in [-0.1, -0.05) is 0 Å². The summed E-state index contributed by atoms with van der Waals surface area (Å²) in [7, 11) is -3.67. The van der Waals surface area contributed by atoms with Crippen LogP contribution in [0.5, 0.6) is 0 Å². The van der Waals surface area contributed by atoms with Crippen molar-refractivity contribution in [1.82, 2.24) is 19.9 Å². The first-order valence-electron chi connectivity index (χ1n) is 5.58. The fourth-order valence-electron chi connectivity index (χ4n) is 1.62. The monoisotopic (exact) mass is 301 g/mol. The Labute approximate surface area is 115 Å². The molecule has 2 rings (SSSR count). The highest BCUT2D eigenvalue weighted by atomic mass is 32.2. The highest BCUT2D eigenvalue weighted by Gasteiger charge is 2.23. The molecule has 2 heterocycles. The number of aromatic nitrogens is 3. The minimum absolute atomic E-state index is 0.0327. The Balaban J connectivity index is 2.21. The molecule has 9 heteroatoms. The number of hydrogen-bond acceptors (Lipinski definition) is 6. The van der Waals surface area contributed by atoms with Gasteiger partial charge < -0.3 is 5.73 Å². The van der Waals surface area contributed by atoms with Crippen LogP contribution in [0.4, 0.5) is 0 Å². The molecule has 7 nitrogen and oxygen atoms in total. The first-order valence-corrected chi connectivity index (χ1v) is 7.94. The zero-order chi connectivity index (χ0) is 14.0. The molecule has 0 aliphatic rings. The molecule has 0 fully saturated rings. The number of thiazole rings is 1. The van der Waals surface area contributed by atoms with Gasteiger partial charge in [0.1, 0.15) is 0 Å². The summed E-state index contributed by atoms with van der Waals surface area (Å²) >= 11 is 1.41. The number of nitrogens with one attached hydrogen (secondary N) is 2. The van der Waals surface area contributed by atoms with E-state index in [0.717, 1.165) is 10.6 Å². The molecule has 0 aliphatic heterocycles. The molecule has 0 atom stereocenters. The lowest BCUT2D eigenvalue weighted by Gasteiger charge is -2.05. The van der Waals surface area contributed by atoms with Crippen LogP contribution >= 0.6 is 11.3 Å². The summed E-state index contributed by atoms with van der Waals surface area (Å²) in [4.78, 5) is 4.95. The van der Waals surface area contributed by atoms with E-state index in [2.05, 4.69) is 19.9 Å². The predicted molar refractivity (Wildman–Crippen MR) is 72.1 cm³/mol. The quantitative estimate of drug-likeness (QED) is 0.740. The van der Waals surface area contributed by atoms with Gasteiger partial charge in [0.15, 0.2) is 5.03 Å². The van der Waals surface area contributed by atoms with E-state index in [-0.39, 0.29) is 18.1 Å². The molecule has 0 radical (unpaired) electrons. The largest absolute Gasteiger partial charge is 0.326 e. The molecule has 0 aliphatic carbocycles. The lowest BCUT2D eigenvalue weighted by atomic mass is 10.3. The van der Waals surface area contributed by atoms with Crippen LogP contribution in [0, 0.1) is 13.8 Å². The van der Waals surface area contributed by atoms with Gasteiger partial charge in [-0.15, -0.1) is 11.3 Å². The van der Waals surface area contributed by atoms with E-state index in [0.29, 0.717) is 11.3 Å². The summed E-state index contributed by atoms with van der Waals surface area (Å²) in [5, 5.41) is 6.42. The number of nitrogens with two attached hydrogens (primary N) is 1. The van der Waals surface area contributed by atoms with E-state index in [4.69, 9.17) is 5.73 Å². The second-order valence-electron chi connectivity index (χ2n) is 4.02. The summed E-state index contributed by atoms with van der Waals surface area (Å²) < 4.78 is 26.8. The van der Waals surface area contributed by atoms with Crippen LogP contribution in [0.3, 0.4) is 0 Å². The van der Waals surface area contributed by atoms with Crippen molar-refractivity contribution in [2.75, 3.05) is 0 Å². The van der Waals surface area contributed by atoms with Crippen molar-refractivity contribution >= 4 is 21.4 Å². The zero-order valence-corrected chi connectivity index (χ0v) is 12.2. The van der Waals surface area contributed by atoms with Crippen molar-refractivity contribution in [3.8, 4) is 0 Å². The van der Waals surface area contributed by atoms with E-state index in [1.807, 2.05) is 6.92 Å². The number of rotatable bonds is 5. The first kappa shape index (κ1) is 14.1. The molecule has 0 saturated carbocycles. The molecule has 104 valence electrons. The van der Waals surface area contributed by atoms with Crippen molar-refractivity contribution in [2.45, 2.75) is 32.0 Å². The van der Waals surface area contributed by atoms with E-state index < -0.39 is 10.0 Å². The molecule has 2 aromatic rings. The van der Waals surface area contributed by atoms with Gasteiger partial charge in [-0.05, 0) is 13.8 Å². The average molecular weight is 301 g/mol. The van der Waals surface area contributed by atoms with Gasteiger partial charge in [-0.3, -0.25) is 5.10 Å². The molecule has 4 N–H and O–H groups in total. The predicted octanol–water partition coefficient (Wildman–Crippen LogP) is 0.420. The highest BCUT2D eigenvalue weighted by molar-refractivity contribution is 7.89. The maximum atomic E-state index is 12.2. The number of H-pyrrole nitrogens is 1. The van der Waals surface area contributed by atoms with Gasteiger partial charge in [-0.2, -0.15) is 5.10 Å². The number of aryl methyl sites for hydroxylation is 2. The van der Waals surface area contributed by atoms with Crippen LogP contribution in [-0.2, 0) is 23.1 Å². The zero-order valence-electron chi connectivity index (χ0n) is 10.6. The summed E-state index contributed by atoms with van der Waals surface area (Å²) in [5.41, 5.74) is 9.23. The fourth-order valence-corrected chi connectivity index (χ4v) is 3.62. The van der Waals surface area contributed by atoms with Crippen molar-refractivity contribution in [1.29, 1.82) is 0 Å². The molecule has 0 unspecified atom stereocenters. The molecule has 0 amide bonds. The molecule has 0 saturated heterocycles. The van der Waals surface area contributed by atoms with Crippen molar-refractivity contribution in [3.63, 3.8) is 0 Å². The summed E-state index contributed by atoms with van der Waals surface area (Å²) in [6, 6.07) is 0. The van der Waals surface area contributed by atoms with E-state index >= 15 is 0 Å². The van der Waals surface area contributed by atoms with Crippen LogP contribution in [0.15, 0.2) is 10.5 Å². The van der Waals surface area contributed by atoms with Crippen molar-refractivity contribution < 1.29 is 8.42 Å². The first-order chi connectivity index (χ1) is 8.95.